The predicted molar refractivity (Wildman–Crippen MR) is 231 cm³/mol. The van der Waals surface area contributed by atoms with Crippen molar-refractivity contribution in [3.05, 3.63) is 200 Å². The minimum Gasteiger partial charge on any atom is -0.291 e. The van der Waals surface area contributed by atoms with Gasteiger partial charge in [-0.2, -0.15) is 0 Å². The molecule has 0 spiro atoms. The van der Waals surface area contributed by atoms with Gasteiger partial charge in [0.15, 0.2) is 5.82 Å². The van der Waals surface area contributed by atoms with Gasteiger partial charge in [0.1, 0.15) is 5.69 Å². The third kappa shape index (κ3) is 5.20. The lowest BCUT2D eigenvalue weighted by Crippen LogP contribution is -2.00. The van der Waals surface area contributed by atoms with Crippen molar-refractivity contribution in [2.75, 3.05) is 0 Å². The molecule has 0 N–H and O–H groups in total. The van der Waals surface area contributed by atoms with Crippen LogP contribution in [0.3, 0.4) is 0 Å². The van der Waals surface area contributed by atoms with Crippen LogP contribution in [0.4, 0.5) is 0 Å². The van der Waals surface area contributed by atoms with Crippen LogP contribution in [0.1, 0.15) is 0 Å². The van der Waals surface area contributed by atoms with Gasteiger partial charge in [0.05, 0.1) is 16.7 Å². The molecular weight excluding hydrogens is 667 g/mol. The molecule has 3 nitrogen and oxygen atoms in total. The summed E-state index contributed by atoms with van der Waals surface area (Å²) in [7, 11) is 0. The first kappa shape index (κ1) is 31.2. The number of para-hydroxylation sites is 2. The van der Waals surface area contributed by atoms with Gasteiger partial charge in [0.25, 0.3) is 0 Å². The Morgan fingerprint density at radius 2 is 0.818 bits per heavy atom. The molecule has 11 aromatic rings. The minimum absolute atomic E-state index is 0.812. The molecule has 2 aromatic heterocycles. The van der Waals surface area contributed by atoms with E-state index in [0.717, 1.165) is 39.5 Å². The third-order valence-electron chi connectivity index (χ3n) is 11.0. The average molecular weight is 700 g/mol. The Balaban J connectivity index is 1.06. The zero-order valence-corrected chi connectivity index (χ0v) is 29.9. The number of nitrogens with zero attached hydrogens (tertiary/aromatic N) is 3. The first-order chi connectivity index (χ1) is 27.3. The number of aromatic nitrogens is 3. The molecule has 0 atom stereocenters. The molecule has 11 rings (SSSR count). The van der Waals surface area contributed by atoms with E-state index in [2.05, 4.69) is 199 Å². The fourth-order valence-corrected chi connectivity index (χ4v) is 8.40. The number of benzene rings is 9. The number of hydrogen-bond donors (Lipinski definition) is 0. The van der Waals surface area contributed by atoms with Crippen LogP contribution in [-0.2, 0) is 0 Å². The Kier molecular flexibility index (Phi) is 7.17. The summed E-state index contributed by atoms with van der Waals surface area (Å²) in [5.41, 5.74) is 10.7. The van der Waals surface area contributed by atoms with E-state index in [-0.39, 0.29) is 0 Å². The van der Waals surface area contributed by atoms with Crippen LogP contribution in [0.2, 0.25) is 0 Å². The van der Waals surface area contributed by atoms with E-state index in [4.69, 9.17) is 9.97 Å². The Hall–Kier alpha value is -7.36. The first-order valence-electron chi connectivity index (χ1n) is 18.7. The molecule has 0 aliphatic carbocycles. The predicted octanol–water partition coefficient (Wildman–Crippen LogP) is 13.7. The molecule has 9 aromatic carbocycles. The molecule has 0 unspecified atom stereocenters. The van der Waals surface area contributed by atoms with E-state index >= 15 is 0 Å². The number of imidazole rings is 1. The molecule has 0 fully saturated rings. The molecule has 256 valence electrons. The van der Waals surface area contributed by atoms with Crippen molar-refractivity contribution in [1.29, 1.82) is 0 Å². The summed E-state index contributed by atoms with van der Waals surface area (Å²) in [6.45, 7) is 0. The molecule has 0 aliphatic heterocycles. The van der Waals surface area contributed by atoms with E-state index in [1.165, 1.54) is 65.3 Å². The summed E-state index contributed by atoms with van der Waals surface area (Å²) in [5, 5.41) is 9.87. The topological polar surface area (TPSA) is 30.7 Å². The van der Waals surface area contributed by atoms with Gasteiger partial charge in [-0.05, 0) is 114 Å². The maximum Gasteiger partial charge on any atom is 0.164 e. The number of pyridine rings is 1. The van der Waals surface area contributed by atoms with Crippen molar-refractivity contribution in [2.45, 2.75) is 0 Å². The van der Waals surface area contributed by atoms with E-state index in [0.29, 0.717) is 0 Å². The minimum atomic E-state index is 0.812. The Morgan fingerprint density at radius 1 is 0.327 bits per heavy atom. The molecule has 55 heavy (non-hydrogen) atoms. The quantitative estimate of drug-likeness (QED) is 0.167. The van der Waals surface area contributed by atoms with Gasteiger partial charge < -0.3 is 0 Å². The zero-order chi connectivity index (χ0) is 36.3. The van der Waals surface area contributed by atoms with Crippen LogP contribution in [0.25, 0.3) is 105 Å². The highest BCUT2D eigenvalue weighted by Gasteiger charge is 2.19. The maximum absolute atomic E-state index is 5.20. The van der Waals surface area contributed by atoms with Gasteiger partial charge in [-0.15, -0.1) is 0 Å². The van der Waals surface area contributed by atoms with Gasteiger partial charge in [0, 0.05) is 11.3 Å². The standard InChI is InChI=1S/C52H33N3/c1-3-14-37-32-39(26-24-34(37)12-1)46-21-11-22-48(53-46)52-54-47-20-9-10-23-49(47)55(52)41-30-28-36(29-31-41)50-42-16-5-7-18-44(42)51(45-19-8-6-17-43(45)50)40-27-25-35-13-2-4-15-38(35)33-40/h1-33H. The molecule has 0 amide bonds. The lowest BCUT2D eigenvalue weighted by molar-refractivity contribution is 1.08. The molecule has 0 saturated carbocycles. The largest absolute Gasteiger partial charge is 0.291 e. The summed E-state index contributed by atoms with van der Waals surface area (Å²) >= 11 is 0. The van der Waals surface area contributed by atoms with Gasteiger partial charge in [0.2, 0.25) is 0 Å². The number of rotatable bonds is 5. The summed E-state index contributed by atoms with van der Waals surface area (Å²) in [4.78, 5) is 10.4. The van der Waals surface area contributed by atoms with Crippen LogP contribution in [0.5, 0.6) is 0 Å². The summed E-state index contributed by atoms with van der Waals surface area (Å²) < 4.78 is 2.24. The van der Waals surface area contributed by atoms with E-state index in [1.54, 1.807) is 0 Å². The lowest BCUT2D eigenvalue weighted by atomic mass is 9.85. The second-order valence-electron chi connectivity index (χ2n) is 14.2. The fourth-order valence-electron chi connectivity index (χ4n) is 8.40. The average Bonchev–Trinajstić information content (AvgIpc) is 3.65. The summed E-state index contributed by atoms with van der Waals surface area (Å²) in [5.74, 6) is 0.812. The fraction of sp³-hybridized carbons (Fsp3) is 0. The molecule has 0 radical (unpaired) electrons. The molecule has 0 aliphatic rings. The first-order valence-corrected chi connectivity index (χ1v) is 18.7. The van der Waals surface area contributed by atoms with Crippen LogP contribution in [-0.4, -0.2) is 14.5 Å². The maximum atomic E-state index is 5.20. The SMILES string of the molecule is c1cc(-c2ccc3ccccc3c2)nc(-c2nc3ccccc3n2-c2ccc(-c3c4ccccc4c(-c4ccc5ccccc5c4)c4ccccc34)cc2)c1. The third-order valence-corrected chi connectivity index (χ3v) is 11.0. The number of fused-ring (bicyclic) bond motifs is 5. The van der Waals surface area contributed by atoms with Crippen LogP contribution in [0, 0.1) is 0 Å². The van der Waals surface area contributed by atoms with Crippen molar-refractivity contribution >= 4 is 54.1 Å². The Labute approximate surface area is 318 Å². The molecule has 0 saturated heterocycles. The van der Waals surface area contributed by atoms with Gasteiger partial charge in [-0.25, -0.2) is 9.97 Å². The monoisotopic (exact) mass is 699 g/mol. The van der Waals surface area contributed by atoms with Crippen molar-refractivity contribution < 1.29 is 0 Å². The van der Waals surface area contributed by atoms with Crippen molar-refractivity contribution in [3.8, 4) is 50.7 Å². The van der Waals surface area contributed by atoms with E-state index in [9.17, 15) is 0 Å². The second-order valence-corrected chi connectivity index (χ2v) is 14.2. The molecule has 0 bridgehead atoms. The second kappa shape index (κ2) is 12.6. The van der Waals surface area contributed by atoms with Crippen molar-refractivity contribution in [2.24, 2.45) is 0 Å². The smallest absolute Gasteiger partial charge is 0.164 e. The van der Waals surface area contributed by atoms with Gasteiger partial charge in [-0.3, -0.25) is 4.57 Å². The highest BCUT2D eigenvalue weighted by Crippen LogP contribution is 2.44. The highest BCUT2D eigenvalue weighted by molar-refractivity contribution is 6.21. The molecule has 2 heterocycles. The van der Waals surface area contributed by atoms with Crippen LogP contribution >= 0.6 is 0 Å². The van der Waals surface area contributed by atoms with Crippen LogP contribution in [0.15, 0.2) is 200 Å². The van der Waals surface area contributed by atoms with Gasteiger partial charge in [-0.1, -0.05) is 152 Å². The number of hydrogen-bond acceptors (Lipinski definition) is 2. The lowest BCUT2D eigenvalue weighted by Gasteiger charge is -2.18. The zero-order valence-electron chi connectivity index (χ0n) is 29.9. The highest BCUT2D eigenvalue weighted by atomic mass is 15.1. The normalized spacial score (nSPS) is 11.6. The van der Waals surface area contributed by atoms with Crippen LogP contribution < -0.4 is 0 Å². The van der Waals surface area contributed by atoms with Crippen molar-refractivity contribution in [3.63, 3.8) is 0 Å². The van der Waals surface area contributed by atoms with Gasteiger partial charge >= 0.3 is 0 Å². The van der Waals surface area contributed by atoms with E-state index in [1.807, 2.05) is 6.07 Å². The Morgan fingerprint density at radius 3 is 1.47 bits per heavy atom. The molecular formula is C52H33N3. The van der Waals surface area contributed by atoms with E-state index < -0.39 is 0 Å². The molecule has 3 heteroatoms. The Bertz CT molecular complexity index is 3210. The van der Waals surface area contributed by atoms with Crippen molar-refractivity contribution in [1.82, 2.24) is 14.5 Å². The summed E-state index contributed by atoms with van der Waals surface area (Å²) in [6, 6.07) is 71.6. The summed E-state index contributed by atoms with van der Waals surface area (Å²) in [6.07, 6.45) is 0.